The van der Waals surface area contributed by atoms with Gasteiger partial charge in [-0.25, -0.2) is 9.78 Å². The van der Waals surface area contributed by atoms with Gasteiger partial charge in [-0.3, -0.25) is 4.79 Å². The zero-order chi connectivity index (χ0) is 17.6. The van der Waals surface area contributed by atoms with E-state index in [-0.39, 0.29) is 17.9 Å². The Hall–Kier alpha value is -2.89. The molecule has 1 unspecified atom stereocenters. The number of urea groups is 1. The fourth-order valence-electron chi connectivity index (χ4n) is 2.93. The van der Waals surface area contributed by atoms with Gasteiger partial charge in [0.25, 0.3) is 0 Å². The third kappa shape index (κ3) is 4.56. The van der Waals surface area contributed by atoms with Crippen LogP contribution in [0.5, 0.6) is 0 Å². The number of aromatic nitrogens is 1. The number of hydrogen-bond acceptors (Lipinski definition) is 3. The van der Waals surface area contributed by atoms with E-state index in [4.69, 9.17) is 0 Å². The van der Waals surface area contributed by atoms with Gasteiger partial charge in [0.1, 0.15) is 5.82 Å². The van der Waals surface area contributed by atoms with Crippen LogP contribution in [0.25, 0.3) is 0 Å². The lowest BCUT2D eigenvalue weighted by Gasteiger charge is -2.32. The monoisotopic (exact) mass is 338 g/mol. The summed E-state index contributed by atoms with van der Waals surface area (Å²) in [5.74, 6) is 0.240. The number of likely N-dealkylation sites (tertiary alicyclic amines) is 1. The number of rotatable bonds is 3. The van der Waals surface area contributed by atoms with Crippen LogP contribution in [0.2, 0.25) is 0 Å². The van der Waals surface area contributed by atoms with E-state index in [9.17, 15) is 9.59 Å². The Morgan fingerprint density at radius 1 is 1.16 bits per heavy atom. The topological polar surface area (TPSA) is 74.3 Å². The molecule has 1 aliphatic rings. The number of pyridine rings is 1. The number of anilines is 2. The molecule has 2 N–H and O–H groups in total. The summed E-state index contributed by atoms with van der Waals surface area (Å²) >= 11 is 0. The zero-order valence-corrected chi connectivity index (χ0v) is 14.2. The maximum Gasteiger partial charge on any atom is 0.321 e. The number of aryl methyl sites for hydroxylation is 1. The Morgan fingerprint density at radius 2 is 1.96 bits per heavy atom. The molecule has 1 aliphatic heterocycles. The number of para-hydroxylation sites is 1. The van der Waals surface area contributed by atoms with Gasteiger partial charge in [0.15, 0.2) is 0 Å². The summed E-state index contributed by atoms with van der Waals surface area (Å²) < 4.78 is 0. The molecular formula is C19H22N4O2. The molecule has 0 aliphatic carbocycles. The van der Waals surface area contributed by atoms with Gasteiger partial charge in [-0.15, -0.1) is 0 Å². The lowest BCUT2D eigenvalue weighted by molar-refractivity contribution is -0.121. The summed E-state index contributed by atoms with van der Waals surface area (Å²) in [5.41, 5.74) is 1.79. The van der Waals surface area contributed by atoms with Crippen LogP contribution in [0.4, 0.5) is 16.3 Å². The molecule has 6 nitrogen and oxygen atoms in total. The molecular weight excluding hydrogens is 316 g/mol. The third-order valence-corrected chi connectivity index (χ3v) is 4.27. The van der Waals surface area contributed by atoms with Crippen molar-refractivity contribution in [3.05, 3.63) is 54.2 Å². The molecule has 3 rings (SSSR count). The highest BCUT2D eigenvalue weighted by Gasteiger charge is 2.28. The van der Waals surface area contributed by atoms with E-state index in [0.29, 0.717) is 18.9 Å². The third-order valence-electron chi connectivity index (χ3n) is 4.27. The predicted molar refractivity (Wildman–Crippen MR) is 97.4 cm³/mol. The molecule has 2 heterocycles. The fourth-order valence-corrected chi connectivity index (χ4v) is 2.93. The van der Waals surface area contributed by atoms with Crippen LogP contribution >= 0.6 is 0 Å². The largest absolute Gasteiger partial charge is 0.324 e. The van der Waals surface area contributed by atoms with E-state index in [0.717, 1.165) is 24.1 Å². The molecule has 6 heteroatoms. The van der Waals surface area contributed by atoms with Crippen LogP contribution < -0.4 is 10.6 Å². The highest BCUT2D eigenvalue weighted by Crippen LogP contribution is 2.19. The van der Waals surface area contributed by atoms with Crippen molar-refractivity contribution in [1.29, 1.82) is 0 Å². The Morgan fingerprint density at radius 3 is 2.72 bits per heavy atom. The van der Waals surface area contributed by atoms with E-state index < -0.39 is 0 Å². The van der Waals surface area contributed by atoms with Crippen LogP contribution in [-0.2, 0) is 4.79 Å². The molecule has 1 atom stereocenters. The number of carbonyl (C=O) groups excluding carboxylic acids is 2. The second kappa shape index (κ2) is 7.79. The summed E-state index contributed by atoms with van der Waals surface area (Å²) in [6.45, 7) is 3.02. The van der Waals surface area contributed by atoms with Crippen molar-refractivity contribution in [2.45, 2.75) is 19.8 Å². The number of carbonyl (C=O) groups is 2. The van der Waals surface area contributed by atoms with Gasteiger partial charge in [-0.2, -0.15) is 0 Å². The van der Waals surface area contributed by atoms with E-state index in [1.54, 1.807) is 11.1 Å². The van der Waals surface area contributed by atoms with Gasteiger partial charge < -0.3 is 15.5 Å². The first-order valence-electron chi connectivity index (χ1n) is 8.46. The quantitative estimate of drug-likeness (QED) is 0.902. The standard InChI is InChI=1S/C19H22N4O2/c1-14-9-10-20-17(12-14)22-18(24)15-6-5-11-23(13-15)19(25)21-16-7-3-2-4-8-16/h2-4,7-10,12,15H,5-6,11,13H2,1H3,(H,21,25)(H,20,22,24). The molecule has 1 fully saturated rings. The number of nitrogens with one attached hydrogen (secondary N) is 2. The molecule has 0 radical (unpaired) electrons. The minimum atomic E-state index is -0.224. The van der Waals surface area contributed by atoms with Crippen LogP contribution in [-0.4, -0.2) is 34.9 Å². The number of piperidine rings is 1. The van der Waals surface area contributed by atoms with Gasteiger partial charge in [0.05, 0.1) is 5.92 Å². The van der Waals surface area contributed by atoms with E-state index in [1.807, 2.05) is 49.4 Å². The van der Waals surface area contributed by atoms with Gasteiger partial charge >= 0.3 is 6.03 Å². The normalized spacial score (nSPS) is 17.0. The lowest BCUT2D eigenvalue weighted by Crippen LogP contribution is -2.45. The van der Waals surface area contributed by atoms with Crippen molar-refractivity contribution in [2.24, 2.45) is 5.92 Å². The SMILES string of the molecule is Cc1ccnc(NC(=O)C2CCCN(C(=O)Nc3ccccc3)C2)c1. The minimum Gasteiger partial charge on any atom is -0.324 e. The molecule has 1 aromatic carbocycles. The van der Waals surface area contributed by atoms with Crippen LogP contribution in [0.15, 0.2) is 48.7 Å². The van der Waals surface area contributed by atoms with Gasteiger partial charge in [-0.05, 0) is 49.6 Å². The fraction of sp³-hybridized carbons (Fsp3) is 0.316. The Kier molecular flexibility index (Phi) is 5.28. The van der Waals surface area contributed by atoms with Crippen LogP contribution in [0.1, 0.15) is 18.4 Å². The molecule has 130 valence electrons. The molecule has 2 aromatic rings. The molecule has 25 heavy (non-hydrogen) atoms. The molecule has 0 saturated carbocycles. The summed E-state index contributed by atoms with van der Waals surface area (Å²) in [5, 5.41) is 5.72. The van der Waals surface area contributed by atoms with Crippen molar-refractivity contribution >= 4 is 23.4 Å². The zero-order valence-electron chi connectivity index (χ0n) is 14.2. The van der Waals surface area contributed by atoms with Gasteiger partial charge in [0, 0.05) is 25.0 Å². The van der Waals surface area contributed by atoms with Crippen molar-refractivity contribution in [3.8, 4) is 0 Å². The van der Waals surface area contributed by atoms with Crippen LogP contribution in [0, 0.1) is 12.8 Å². The Labute approximate surface area is 147 Å². The Bertz CT molecular complexity index is 748. The summed E-state index contributed by atoms with van der Waals surface area (Å²) in [6, 6.07) is 12.9. The minimum absolute atomic E-state index is 0.0877. The summed E-state index contributed by atoms with van der Waals surface area (Å²) in [6.07, 6.45) is 3.25. The number of hydrogen-bond donors (Lipinski definition) is 2. The first kappa shape index (κ1) is 17.0. The maximum atomic E-state index is 12.5. The van der Waals surface area contributed by atoms with E-state index in [1.165, 1.54) is 0 Å². The van der Waals surface area contributed by atoms with Crippen LogP contribution in [0.3, 0.4) is 0 Å². The van der Waals surface area contributed by atoms with Crippen molar-refractivity contribution < 1.29 is 9.59 Å². The average Bonchev–Trinajstić information content (AvgIpc) is 2.62. The Balaban J connectivity index is 1.58. The van der Waals surface area contributed by atoms with Crippen molar-refractivity contribution in [3.63, 3.8) is 0 Å². The molecule has 0 spiro atoms. The summed E-state index contributed by atoms with van der Waals surface area (Å²) in [7, 11) is 0. The lowest BCUT2D eigenvalue weighted by atomic mass is 9.97. The second-order valence-electron chi connectivity index (χ2n) is 6.29. The second-order valence-corrected chi connectivity index (χ2v) is 6.29. The van der Waals surface area contributed by atoms with Crippen molar-refractivity contribution in [1.82, 2.24) is 9.88 Å². The number of benzene rings is 1. The number of amides is 3. The van der Waals surface area contributed by atoms with Crippen molar-refractivity contribution in [2.75, 3.05) is 23.7 Å². The molecule has 1 saturated heterocycles. The van der Waals surface area contributed by atoms with E-state index >= 15 is 0 Å². The highest BCUT2D eigenvalue weighted by molar-refractivity contribution is 5.93. The average molecular weight is 338 g/mol. The number of nitrogens with zero attached hydrogens (tertiary/aromatic N) is 2. The predicted octanol–water partition coefficient (Wildman–Crippen LogP) is 3.27. The maximum absolute atomic E-state index is 12.5. The first-order valence-corrected chi connectivity index (χ1v) is 8.46. The molecule has 3 amide bonds. The van der Waals surface area contributed by atoms with Gasteiger partial charge in [0.2, 0.25) is 5.91 Å². The summed E-state index contributed by atoms with van der Waals surface area (Å²) in [4.78, 5) is 30.8. The molecule has 1 aromatic heterocycles. The van der Waals surface area contributed by atoms with E-state index in [2.05, 4.69) is 15.6 Å². The van der Waals surface area contributed by atoms with Gasteiger partial charge in [-0.1, -0.05) is 18.2 Å². The molecule has 0 bridgehead atoms. The highest BCUT2D eigenvalue weighted by atomic mass is 16.2. The smallest absolute Gasteiger partial charge is 0.321 e. The first-order chi connectivity index (χ1) is 12.1.